The fraction of sp³-hybridized carbons (Fsp3) is 0.533. The fourth-order valence-electron chi connectivity index (χ4n) is 5.03. The molecule has 36 heavy (non-hydrogen) atoms. The predicted molar refractivity (Wildman–Crippen MR) is 142 cm³/mol. The molecule has 2 heterocycles. The molecule has 6 heteroatoms. The standard InChI is InChI=1S/C30H40N2O4/c1-23-14-16-32(17-15-23)22-26(20-24-12-13-28-29(21-24)36-19-18-35-28)31-30(34)11-7-3-6-10-27(33)25-8-4-2-5-9-25/h2,4-5,8-9,12-13,21,23,26H,3,6-7,10-11,14-20,22H2,1H3,(H,31,34). The number of carbonyl (C=O) groups is 2. The van der Waals surface area contributed by atoms with Gasteiger partial charge in [-0.1, -0.05) is 49.7 Å². The summed E-state index contributed by atoms with van der Waals surface area (Å²) in [5, 5.41) is 3.31. The molecule has 0 saturated carbocycles. The lowest BCUT2D eigenvalue weighted by atomic mass is 9.97. The van der Waals surface area contributed by atoms with Gasteiger partial charge in [0, 0.05) is 31.0 Å². The second kappa shape index (κ2) is 13.4. The van der Waals surface area contributed by atoms with Crippen LogP contribution in [0.25, 0.3) is 0 Å². The van der Waals surface area contributed by atoms with E-state index in [0.29, 0.717) is 26.1 Å². The number of nitrogens with one attached hydrogen (secondary N) is 1. The molecule has 1 saturated heterocycles. The van der Waals surface area contributed by atoms with Crippen LogP contribution in [-0.2, 0) is 11.2 Å². The Labute approximate surface area is 215 Å². The van der Waals surface area contributed by atoms with Crippen molar-refractivity contribution in [3.8, 4) is 11.5 Å². The van der Waals surface area contributed by atoms with Crippen LogP contribution in [0.5, 0.6) is 11.5 Å². The smallest absolute Gasteiger partial charge is 0.220 e. The number of carbonyl (C=O) groups excluding carboxylic acids is 2. The van der Waals surface area contributed by atoms with E-state index in [0.717, 1.165) is 73.9 Å². The highest BCUT2D eigenvalue weighted by molar-refractivity contribution is 5.95. The molecule has 2 aromatic carbocycles. The van der Waals surface area contributed by atoms with E-state index in [4.69, 9.17) is 9.47 Å². The number of piperidine rings is 1. The number of Topliss-reactive ketones (excluding diaryl/α,β-unsaturated/α-hetero) is 1. The quantitative estimate of drug-likeness (QED) is 0.332. The number of hydrogen-bond acceptors (Lipinski definition) is 5. The summed E-state index contributed by atoms with van der Waals surface area (Å²) in [6.45, 7) is 6.50. The second-order valence-corrected chi connectivity index (χ2v) is 10.3. The van der Waals surface area contributed by atoms with Gasteiger partial charge in [-0.2, -0.15) is 0 Å². The highest BCUT2D eigenvalue weighted by atomic mass is 16.6. The van der Waals surface area contributed by atoms with Crippen LogP contribution in [0.15, 0.2) is 48.5 Å². The van der Waals surface area contributed by atoms with Gasteiger partial charge in [-0.3, -0.25) is 9.59 Å². The third kappa shape index (κ3) is 8.09. The van der Waals surface area contributed by atoms with Crippen molar-refractivity contribution in [2.24, 2.45) is 5.92 Å². The van der Waals surface area contributed by atoms with Crippen LogP contribution in [0.2, 0.25) is 0 Å². The maximum Gasteiger partial charge on any atom is 0.220 e. The third-order valence-electron chi connectivity index (χ3n) is 7.21. The zero-order valence-electron chi connectivity index (χ0n) is 21.5. The van der Waals surface area contributed by atoms with Gasteiger partial charge >= 0.3 is 0 Å². The first-order chi connectivity index (χ1) is 17.6. The molecule has 0 aromatic heterocycles. The van der Waals surface area contributed by atoms with Gasteiger partial charge in [-0.05, 0) is 68.8 Å². The van der Waals surface area contributed by atoms with E-state index in [1.807, 2.05) is 36.4 Å². The molecule has 4 rings (SSSR count). The fourth-order valence-corrected chi connectivity index (χ4v) is 5.03. The van der Waals surface area contributed by atoms with E-state index in [1.54, 1.807) is 0 Å². The van der Waals surface area contributed by atoms with Crippen molar-refractivity contribution in [2.45, 2.75) is 64.3 Å². The van der Waals surface area contributed by atoms with Gasteiger partial charge in [-0.25, -0.2) is 0 Å². The largest absolute Gasteiger partial charge is 0.486 e. The lowest BCUT2D eigenvalue weighted by molar-refractivity contribution is -0.122. The highest BCUT2D eigenvalue weighted by Crippen LogP contribution is 2.31. The number of nitrogens with zero attached hydrogens (tertiary/aromatic N) is 1. The molecule has 194 valence electrons. The first kappa shape index (κ1) is 26.2. The van der Waals surface area contributed by atoms with Gasteiger partial charge in [0.15, 0.2) is 17.3 Å². The Morgan fingerprint density at radius 3 is 2.44 bits per heavy atom. The number of likely N-dealkylation sites (tertiary alicyclic amines) is 1. The van der Waals surface area contributed by atoms with Crippen LogP contribution in [0, 0.1) is 5.92 Å². The Balaban J connectivity index is 1.25. The highest BCUT2D eigenvalue weighted by Gasteiger charge is 2.22. The molecule has 2 aliphatic heterocycles. The van der Waals surface area contributed by atoms with Crippen LogP contribution in [0.3, 0.4) is 0 Å². The molecule has 2 aliphatic rings. The molecule has 0 bridgehead atoms. The Hall–Kier alpha value is -2.86. The lowest BCUT2D eigenvalue weighted by Gasteiger charge is -2.33. The van der Waals surface area contributed by atoms with Gasteiger partial charge in [0.25, 0.3) is 0 Å². The predicted octanol–water partition coefficient (Wildman–Crippen LogP) is 5.05. The summed E-state index contributed by atoms with van der Waals surface area (Å²) in [6, 6.07) is 15.6. The summed E-state index contributed by atoms with van der Waals surface area (Å²) in [5.74, 6) is 2.63. The van der Waals surface area contributed by atoms with Crippen LogP contribution >= 0.6 is 0 Å². The van der Waals surface area contributed by atoms with Crippen molar-refractivity contribution < 1.29 is 19.1 Å². The number of unbranched alkanes of at least 4 members (excludes halogenated alkanes) is 2. The van der Waals surface area contributed by atoms with Crippen LogP contribution in [0.1, 0.15) is 67.8 Å². The Morgan fingerprint density at radius 2 is 1.67 bits per heavy atom. The average molecular weight is 493 g/mol. The molecular formula is C30H40N2O4. The summed E-state index contributed by atoms with van der Waals surface area (Å²) in [4.78, 5) is 27.6. The summed E-state index contributed by atoms with van der Waals surface area (Å²) < 4.78 is 11.4. The van der Waals surface area contributed by atoms with Crippen molar-refractivity contribution in [2.75, 3.05) is 32.8 Å². The maximum absolute atomic E-state index is 12.8. The van der Waals surface area contributed by atoms with Gasteiger partial charge in [0.1, 0.15) is 13.2 Å². The third-order valence-corrected chi connectivity index (χ3v) is 7.21. The summed E-state index contributed by atoms with van der Waals surface area (Å²) in [7, 11) is 0. The van der Waals surface area contributed by atoms with Crippen LogP contribution in [-0.4, -0.2) is 55.5 Å². The molecule has 1 unspecified atom stereocenters. The monoisotopic (exact) mass is 492 g/mol. The van der Waals surface area contributed by atoms with E-state index >= 15 is 0 Å². The number of hydrogen-bond donors (Lipinski definition) is 1. The Kier molecular flexibility index (Phi) is 9.79. The van der Waals surface area contributed by atoms with Crippen LogP contribution in [0.4, 0.5) is 0 Å². The van der Waals surface area contributed by atoms with Gasteiger partial charge in [-0.15, -0.1) is 0 Å². The van der Waals surface area contributed by atoms with E-state index in [2.05, 4.69) is 29.3 Å². The maximum atomic E-state index is 12.8. The number of benzene rings is 2. The first-order valence-corrected chi connectivity index (χ1v) is 13.6. The van der Waals surface area contributed by atoms with E-state index in [9.17, 15) is 9.59 Å². The molecule has 1 atom stereocenters. The van der Waals surface area contributed by atoms with Crippen molar-refractivity contribution >= 4 is 11.7 Å². The normalized spacial score (nSPS) is 16.9. The molecule has 6 nitrogen and oxygen atoms in total. The Morgan fingerprint density at radius 1 is 0.944 bits per heavy atom. The SMILES string of the molecule is CC1CCN(CC(Cc2ccc3c(c2)OCCO3)NC(=O)CCCCCC(=O)c2ccccc2)CC1. The first-order valence-electron chi connectivity index (χ1n) is 13.6. The minimum atomic E-state index is 0.0492. The molecule has 1 N–H and O–H groups in total. The van der Waals surface area contributed by atoms with Crippen molar-refractivity contribution in [1.82, 2.24) is 10.2 Å². The summed E-state index contributed by atoms with van der Waals surface area (Å²) in [5.41, 5.74) is 1.92. The molecule has 1 fully saturated rings. The summed E-state index contributed by atoms with van der Waals surface area (Å²) in [6.07, 6.45) is 6.71. The zero-order chi connectivity index (χ0) is 25.2. The number of amides is 1. The number of ether oxygens (including phenoxy) is 2. The average Bonchev–Trinajstić information content (AvgIpc) is 2.90. The molecule has 2 aromatic rings. The number of rotatable bonds is 12. The van der Waals surface area contributed by atoms with Crippen molar-refractivity contribution in [1.29, 1.82) is 0 Å². The van der Waals surface area contributed by atoms with E-state index in [-0.39, 0.29) is 17.7 Å². The minimum Gasteiger partial charge on any atom is -0.486 e. The molecule has 0 aliphatic carbocycles. The second-order valence-electron chi connectivity index (χ2n) is 10.3. The molecular weight excluding hydrogens is 452 g/mol. The zero-order valence-corrected chi connectivity index (χ0v) is 21.5. The Bertz CT molecular complexity index is 986. The van der Waals surface area contributed by atoms with Gasteiger partial charge in [0.05, 0.1) is 0 Å². The van der Waals surface area contributed by atoms with E-state index < -0.39 is 0 Å². The van der Waals surface area contributed by atoms with Gasteiger partial charge in [0.2, 0.25) is 5.91 Å². The molecule has 0 spiro atoms. The molecule has 0 radical (unpaired) electrons. The number of fused-ring (bicyclic) bond motifs is 1. The molecule has 1 amide bonds. The topological polar surface area (TPSA) is 67.9 Å². The number of ketones is 1. The lowest BCUT2D eigenvalue weighted by Crippen LogP contribution is -2.47. The van der Waals surface area contributed by atoms with Crippen LogP contribution < -0.4 is 14.8 Å². The van der Waals surface area contributed by atoms with Crippen molar-refractivity contribution in [3.63, 3.8) is 0 Å². The van der Waals surface area contributed by atoms with E-state index in [1.165, 1.54) is 12.8 Å². The summed E-state index contributed by atoms with van der Waals surface area (Å²) >= 11 is 0. The van der Waals surface area contributed by atoms with Gasteiger partial charge < -0.3 is 19.7 Å². The minimum absolute atomic E-state index is 0.0492. The van der Waals surface area contributed by atoms with Crippen molar-refractivity contribution in [3.05, 3.63) is 59.7 Å².